The average molecular weight is 229 g/mol. The van der Waals surface area contributed by atoms with E-state index in [0.29, 0.717) is 19.0 Å². The first-order chi connectivity index (χ1) is 7.33. The number of hydrogen-bond donors (Lipinski definition) is 3. The first-order valence-electron chi connectivity index (χ1n) is 6.49. The lowest BCUT2D eigenvalue weighted by atomic mass is 9.94. The second-order valence-electron chi connectivity index (χ2n) is 6.13. The molecule has 0 aliphatic heterocycles. The topological polar surface area (TPSA) is 52.5 Å². The van der Waals surface area contributed by atoms with E-state index in [1.54, 1.807) is 0 Å². The predicted octanol–water partition coefficient (Wildman–Crippen LogP) is 1.68. The maximum Gasteiger partial charge on any atom is 0.0771 e. The average Bonchev–Trinajstić information content (AvgIpc) is 2.49. The van der Waals surface area contributed by atoms with Crippen molar-refractivity contribution in [1.29, 1.82) is 0 Å². The maximum atomic E-state index is 10.1. The fraction of sp³-hybridized carbons (Fsp3) is 1.00. The quantitative estimate of drug-likeness (QED) is 0.649. The van der Waals surface area contributed by atoms with Crippen LogP contribution in [0.25, 0.3) is 0 Å². The van der Waals surface area contributed by atoms with Gasteiger partial charge in [-0.05, 0) is 32.1 Å². The molecule has 3 heteroatoms. The zero-order valence-corrected chi connectivity index (χ0v) is 10.9. The van der Waals surface area contributed by atoms with Gasteiger partial charge in [-0.3, -0.25) is 0 Å². The lowest BCUT2D eigenvalue weighted by Gasteiger charge is -2.29. The van der Waals surface area contributed by atoms with E-state index in [1.165, 1.54) is 0 Å². The Hall–Kier alpha value is -0.120. The van der Waals surface area contributed by atoms with Crippen molar-refractivity contribution in [2.24, 2.45) is 5.92 Å². The molecule has 0 aromatic carbocycles. The third kappa shape index (κ3) is 4.81. The molecular weight excluding hydrogens is 202 g/mol. The molecule has 0 saturated heterocycles. The third-order valence-electron chi connectivity index (χ3n) is 3.34. The molecule has 0 spiro atoms. The minimum Gasteiger partial charge on any atom is -0.389 e. The van der Waals surface area contributed by atoms with Gasteiger partial charge in [-0.1, -0.05) is 26.7 Å². The van der Waals surface area contributed by atoms with Crippen molar-refractivity contribution in [1.82, 2.24) is 5.32 Å². The highest BCUT2D eigenvalue weighted by Crippen LogP contribution is 2.28. The number of nitrogens with one attached hydrogen (secondary N) is 1. The van der Waals surface area contributed by atoms with Crippen molar-refractivity contribution < 1.29 is 10.2 Å². The fourth-order valence-corrected chi connectivity index (χ4v) is 2.73. The van der Waals surface area contributed by atoms with Crippen LogP contribution in [0.3, 0.4) is 0 Å². The summed E-state index contributed by atoms with van der Waals surface area (Å²) in [6.45, 7) is 7.26. The van der Waals surface area contributed by atoms with Gasteiger partial charge in [-0.25, -0.2) is 0 Å². The lowest BCUT2D eigenvalue weighted by molar-refractivity contribution is 0.0178. The summed E-state index contributed by atoms with van der Waals surface area (Å²) in [6.07, 6.45) is 4.83. The van der Waals surface area contributed by atoms with Crippen molar-refractivity contribution in [3.05, 3.63) is 0 Å². The summed E-state index contributed by atoms with van der Waals surface area (Å²) in [5.74, 6) is 0.492. The van der Waals surface area contributed by atoms with Gasteiger partial charge in [0.05, 0.1) is 11.2 Å². The Balaban J connectivity index is 2.23. The Morgan fingerprint density at radius 1 is 1.31 bits per heavy atom. The smallest absolute Gasteiger partial charge is 0.0771 e. The SMILES string of the molecule is CC(C)CC(C)(O)CNCC1(O)CCCC1. The Labute approximate surface area is 99.3 Å². The minimum absolute atomic E-state index is 0.492. The largest absolute Gasteiger partial charge is 0.389 e. The van der Waals surface area contributed by atoms with Gasteiger partial charge in [0.15, 0.2) is 0 Å². The Morgan fingerprint density at radius 2 is 1.88 bits per heavy atom. The van der Waals surface area contributed by atoms with E-state index in [2.05, 4.69) is 19.2 Å². The fourth-order valence-electron chi connectivity index (χ4n) is 2.73. The highest BCUT2D eigenvalue weighted by molar-refractivity contribution is 4.87. The number of rotatable bonds is 6. The molecule has 3 N–H and O–H groups in total. The van der Waals surface area contributed by atoms with Crippen molar-refractivity contribution in [2.45, 2.75) is 64.1 Å². The summed E-state index contributed by atoms with van der Waals surface area (Å²) in [4.78, 5) is 0. The van der Waals surface area contributed by atoms with Crippen LogP contribution in [0, 0.1) is 5.92 Å². The Morgan fingerprint density at radius 3 is 2.38 bits per heavy atom. The highest BCUT2D eigenvalue weighted by Gasteiger charge is 2.31. The minimum atomic E-state index is -0.664. The second kappa shape index (κ2) is 5.48. The lowest BCUT2D eigenvalue weighted by Crippen LogP contribution is -2.45. The van der Waals surface area contributed by atoms with Crippen LogP contribution in [0.4, 0.5) is 0 Å². The molecule has 16 heavy (non-hydrogen) atoms. The Bertz CT molecular complexity index is 208. The molecule has 3 nitrogen and oxygen atoms in total. The summed E-state index contributed by atoms with van der Waals surface area (Å²) in [6, 6.07) is 0. The van der Waals surface area contributed by atoms with Crippen molar-refractivity contribution in [3.63, 3.8) is 0 Å². The van der Waals surface area contributed by atoms with Crippen LogP contribution in [-0.4, -0.2) is 34.5 Å². The molecule has 0 amide bonds. The highest BCUT2D eigenvalue weighted by atomic mass is 16.3. The first-order valence-corrected chi connectivity index (χ1v) is 6.49. The van der Waals surface area contributed by atoms with Gasteiger partial charge < -0.3 is 15.5 Å². The molecule has 1 atom stereocenters. The van der Waals surface area contributed by atoms with E-state index in [-0.39, 0.29) is 0 Å². The Kier molecular flexibility index (Phi) is 4.77. The summed E-state index contributed by atoms with van der Waals surface area (Å²) in [5, 5.41) is 23.4. The van der Waals surface area contributed by atoms with Gasteiger partial charge in [-0.15, -0.1) is 0 Å². The molecule has 1 aliphatic rings. The molecule has 1 fully saturated rings. The van der Waals surface area contributed by atoms with E-state index in [0.717, 1.165) is 32.1 Å². The molecule has 0 bridgehead atoms. The summed E-state index contributed by atoms with van der Waals surface area (Å²) >= 11 is 0. The van der Waals surface area contributed by atoms with E-state index in [1.807, 2.05) is 6.92 Å². The molecule has 0 heterocycles. The second-order valence-corrected chi connectivity index (χ2v) is 6.13. The van der Waals surface area contributed by atoms with Crippen molar-refractivity contribution in [3.8, 4) is 0 Å². The van der Waals surface area contributed by atoms with Crippen LogP contribution in [0.1, 0.15) is 52.9 Å². The number of aliphatic hydroxyl groups is 2. The molecule has 0 radical (unpaired) electrons. The zero-order valence-electron chi connectivity index (χ0n) is 10.9. The van der Waals surface area contributed by atoms with Gasteiger partial charge in [0.1, 0.15) is 0 Å². The zero-order chi connectivity index (χ0) is 12.2. The molecule has 0 aromatic heterocycles. The van der Waals surface area contributed by atoms with Gasteiger partial charge in [0.25, 0.3) is 0 Å². The van der Waals surface area contributed by atoms with Crippen molar-refractivity contribution >= 4 is 0 Å². The molecule has 96 valence electrons. The molecular formula is C13H27NO2. The van der Waals surface area contributed by atoms with Gasteiger partial charge in [0, 0.05) is 13.1 Å². The summed E-state index contributed by atoms with van der Waals surface area (Å²) in [7, 11) is 0. The molecule has 1 aliphatic carbocycles. The van der Waals surface area contributed by atoms with Crippen LogP contribution < -0.4 is 5.32 Å². The summed E-state index contributed by atoms with van der Waals surface area (Å²) < 4.78 is 0. The molecule has 0 aromatic rings. The number of hydrogen-bond acceptors (Lipinski definition) is 3. The van der Waals surface area contributed by atoms with Gasteiger partial charge in [-0.2, -0.15) is 0 Å². The van der Waals surface area contributed by atoms with E-state index in [4.69, 9.17) is 0 Å². The van der Waals surface area contributed by atoms with Crippen LogP contribution >= 0.6 is 0 Å². The van der Waals surface area contributed by atoms with E-state index >= 15 is 0 Å². The maximum absolute atomic E-state index is 10.1. The van der Waals surface area contributed by atoms with Crippen LogP contribution in [0.2, 0.25) is 0 Å². The monoisotopic (exact) mass is 229 g/mol. The molecule has 1 unspecified atom stereocenters. The summed E-state index contributed by atoms with van der Waals surface area (Å²) in [5.41, 5.74) is -1.18. The molecule has 1 saturated carbocycles. The molecule has 1 rings (SSSR count). The first kappa shape index (κ1) is 13.9. The van der Waals surface area contributed by atoms with Crippen LogP contribution in [0.5, 0.6) is 0 Å². The van der Waals surface area contributed by atoms with Gasteiger partial charge in [0.2, 0.25) is 0 Å². The standard InChI is InChI=1S/C13H27NO2/c1-11(2)8-12(3,15)9-14-10-13(16)6-4-5-7-13/h11,14-16H,4-10H2,1-3H3. The van der Waals surface area contributed by atoms with E-state index < -0.39 is 11.2 Å². The van der Waals surface area contributed by atoms with Gasteiger partial charge >= 0.3 is 0 Å². The normalized spacial score (nSPS) is 23.6. The van der Waals surface area contributed by atoms with Crippen molar-refractivity contribution in [2.75, 3.05) is 13.1 Å². The predicted molar refractivity (Wildman–Crippen MR) is 66.4 cm³/mol. The third-order valence-corrected chi connectivity index (χ3v) is 3.34. The van der Waals surface area contributed by atoms with E-state index in [9.17, 15) is 10.2 Å². The van der Waals surface area contributed by atoms with Crippen LogP contribution in [0.15, 0.2) is 0 Å². The van der Waals surface area contributed by atoms with Crippen LogP contribution in [-0.2, 0) is 0 Å².